The van der Waals surface area contributed by atoms with E-state index < -0.39 is 10.8 Å². The van der Waals surface area contributed by atoms with Crippen LogP contribution in [0.3, 0.4) is 0 Å². The molecule has 1 amide bonds. The lowest BCUT2D eigenvalue weighted by molar-refractivity contribution is -0.384. The number of carbonyl (C=O) groups is 1. The minimum atomic E-state index is -0.539. The first-order valence-electron chi connectivity index (χ1n) is 7.75. The molecular weight excluding hydrogens is 324 g/mol. The molecule has 0 radical (unpaired) electrons. The molecule has 2 aromatic rings. The second kappa shape index (κ2) is 8.14. The van der Waals surface area contributed by atoms with E-state index in [1.807, 2.05) is 18.2 Å². The minimum absolute atomic E-state index is 0.137. The van der Waals surface area contributed by atoms with E-state index in [4.69, 9.17) is 9.47 Å². The van der Waals surface area contributed by atoms with Crippen LogP contribution in [0.4, 0.5) is 11.4 Å². The van der Waals surface area contributed by atoms with Crippen molar-refractivity contribution in [3.05, 3.63) is 58.1 Å². The van der Waals surface area contributed by atoms with Gasteiger partial charge in [0.25, 0.3) is 11.6 Å². The lowest BCUT2D eigenvalue weighted by Gasteiger charge is -2.12. The molecule has 2 rings (SSSR count). The maximum atomic E-state index is 12.1. The van der Waals surface area contributed by atoms with Crippen LogP contribution >= 0.6 is 0 Å². The van der Waals surface area contributed by atoms with Gasteiger partial charge in [-0.15, -0.1) is 0 Å². The van der Waals surface area contributed by atoms with Gasteiger partial charge in [0.15, 0.2) is 6.61 Å². The van der Waals surface area contributed by atoms with Crippen LogP contribution in [-0.2, 0) is 4.79 Å². The van der Waals surface area contributed by atoms with Gasteiger partial charge in [0.1, 0.15) is 11.5 Å². The summed E-state index contributed by atoms with van der Waals surface area (Å²) < 4.78 is 10.6. The third-order valence-corrected chi connectivity index (χ3v) is 3.56. The standard InChI is InChI=1S/C18H20N2O5/c1-12(2)13-5-4-6-15(9-13)25-11-18(21)19-16-10-14(20(22)23)7-8-17(16)24-3/h4-10,12H,11H2,1-3H3,(H,19,21). The van der Waals surface area contributed by atoms with Gasteiger partial charge in [0.05, 0.1) is 17.7 Å². The smallest absolute Gasteiger partial charge is 0.271 e. The summed E-state index contributed by atoms with van der Waals surface area (Å²) in [5.41, 5.74) is 1.20. The van der Waals surface area contributed by atoms with Crippen molar-refractivity contribution < 1.29 is 19.2 Å². The number of rotatable bonds is 7. The molecule has 0 atom stereocenters. The fraction of sp³-hybridized carbons (Fsp3) is 0.278. The van der Waals surface area contributed by atoms with Gasteiger partial charge in [0, 0.05) is 12.1 Å². The third kappa shape index (κ3) is 4.94. The number of benzene rings is 2. The molecule has 0 heterocycles. The number of hydrogen-bond donors (Lipinski definition) is 1. The molecule has 0 saturated heterocycles. The first-order chi connectivity index (χ1) is 11.9. The van der Waals surface area contributed by atoms with Gasteiger partial charge >= 0.3 is 0 Å². The van der Waals surface area contributed by atoms with Crippen molar-refractivity contribution in [2.45, 2.75) is 19.8 Å². The maximum Gasteiger partial charge on any atom is 0.271 e. The number of amides is 1. The Bertz CT molecular complexity index is 774. The second-order valence-corrected chi connectivity index (χ2v) is 5.71. The number of methoxy groups -OCH3 is 1. The molecule has 7 heteroatoms. The van der Waals surface area contributed by atoms with Crippen LogP contribution in [0, 0.1) is 10.1 Å². The molecule has 7 nitrogen and oxygen atoms in total. The zero-order chi connectivity index (χ0) is 18.4. The third-order valence-electron chi connectivity index (χ3n) is 3.56. The van der Waals surface area contributed by atoms with Crippen molar-refractivity contribution >= 4 is 17.3 Å². The van der Waals surface area contributed by atoms with Crippen LogP contribution in [0.15, 0.2) is 42.5 Å². The average molecular weight is 344 g/mol. The fourth-order valence-corrected chi connectivity index (χ4v) is 2.21. The number of nitrogens with zero attached hydrogens (tertiary/aromatic N) is 1. The molecule has 25 heavy (non-hydrogen) atoms. The van der Waals surface area contributed by atoms with Gasteiger partial charge in [-0.1, -0.05) is 26.0 Å². The molecule has 0 fully saturated rings. The van der Waals surface area contributed by atoms with Crippen LogP contribution in [0.1, 0.15) is 25.3 Å². The van der Waals surface area contributed by atoms with Gasteiger partial charge in [-0.2, -0.15) is 0 Å². The Morgan fingerprint density at radius 2 is 2.00 bits per heavy atom. The summed E-state index contributed by atoms with van der Waals surface area (Å²) >= 11 is 0. The summed E-state index contributed by atoms with van der Waals surface area (Å²) in [6.07, 6.45) is 0. The van der Waals surface area contributed by atoms with Crippen LogP contribution in [0.5, 0.6) is 11.5 Å². The Hall–Kier alpha value is -3.09. The van der Waals surface area contributed by atoms with Crippen molar-refractivity contribution in [3.8, 4) is 11.5 Å². The second-order valence-electron chi connectivity index (χ2n) is 5.71. The van der Waals surface area contributed by atoms with E-state index in [2.05, 4.69) is 19.2 Å². The van der Waals surface area contributed by atoms with Gasteiger partial charge in [-0.05, 0) is 29.7 Å². The molecule has 0 bridgehead atoms. The molecule has 0 unspecified atom stereocenters. The van der Waals surface area contributed by atoms with Gasteiger partial charge in [0.2, 0.25) is 0 Å². The molecule has 0 aliphatic rings. The summed E-state index contributed by atoms with van der Waals surface area (Å²) in [4.78, 5) is 22.4. The minimum Gasteiger partial charge on any atom is -0.495 e. The van der Waals surface area contributed by atoms with Gasteiger partial charge in [-0.25, -0.2) is 0 Å². The number of anilines is 1. The quantitative estimate of drug-likeness (QED) is 0.610. The predicted molar refractivity (Wildman–Crippen MR) is 94.3 cm³/mol. The number of nitrogens with one attached hydrogen (secondary N) is 1. The van der Waals surface area contributed by atoms with Crippen molar-refractivity contribution in [1.29, 1.82) is 0 Å². The molecule has 2 aromatic carbocycles. The lowest BCUT2D eigenvalue weighted by Crippen LogP contribution is -2.20. The molecule has 132 valence electrons. The fourth-order valence-electron chi connectivity index (χ4n) is 2.21. The largest absolute Gasteiger partial charge is 0.495 e. The van der Waals surface area contributed by atoms with Crippen LogP contribution < -0.4 is 14.8 Å². The molecule has 0 aliphatic heterocycles. The zero-order valence-corrected chi connectivity index (χ0v) is 14.3. The van der Waals surface area contributed by atoms with E-state index in [1.54, 1.807) is 6.07 Å². The van der Waals surface area contributed by atoms with E-state index in [0.29, 0.717) is 17.4 Å². The zero-order valence-electron chi connectivity index (χ0n) is 14.3. The van der Waals surface area contributed by atoms with E-state index in [9.17, 15) is 14.9 Å². The van der Waals surface area contributed by atoms with Gasteiger partial charge < -0.3 is 14.8 Å². The highest BCUT2D eigenvalue weighted by atomic mass is 16.6. The summed E-state index contributed by atoms with van der Waals surface area (Å²) in [5, 5.41) is 13.4. The van der Waals surface area contributed by atoms with E-state index >= 15 is 0 Å². The lowest BCUT2D eigenvalue weighted by atomic mass is 10.0. The highest BCUT2D eigenvalue weighted by Crippen LogP contribution is 2.28. The Morgan fingerprint density at radius 1 is 1.24 bits per heavy atom. The van der Waals surface area contributed by atoms with Crippen molar-refractivity contribution in [1.82, 2.24) is 0 Å². The number of hydrogen-bond acceptors (Lipinski definition) is 5. The van der Waals surface area contributed by atoms with Crippen molar-refractivity contribution in [2.75, 3.05) is 19.0 Å². The number of ether oxygens (including phenoxy) is 2. The molecular formula is C18H20N2O5. The van der Waals surface area contributed by atoms with E-state index in [1.165, 1.54) is 25.3 Å². The average Bonchev–Trinajstić information content (AvgIpc) is 2.60. The van der Waals surface area contributed by atoms with Crippen LogP contribution in [-0.4, -0.2) is 24.5 Å². The topological polar surface area (TPSA) is 90.7 Å². The normalized spacial score (nSPS) is 10.4. The van der Waals surface area contributed by atoms with Gasteiger partial charge in [-0.3, -0.25) is 14.9 Å². The monoisotopic (exact) mass is 344 g/mol. The van der Waals surface area contributed by atoms with Crippen LogP contribution in [0.2, 0.25) is 0 Å². The van der Waals surface area contributed by atoms with Crippen molar-refractivity contribution in [2.24, 2.45) is 0 Å². The Balaban J connectivity index is 2.04. The van der Waals surface area contributed by atoms with E-state index in [-0.39, 0.29) is 18.0 Å². The Morgan fingerprint density at radius 3 is 2.64 bits per heavy atom. The Kier molecular flexibility index (Phi) is 5.94. The molecule has 0 aromatic heterocycles. The first-order valence-corrected chi connectivity index (χ1v) is 7.75. The molecule has 0 spiro atoms. The number of carbonyl (C=O) groups excluding carboxylic acids is 1. The highest BCUT2D eigenvalue weighted by Gasteiger charge is 2.14. The number of non-ortho nitro benzene ring substituents is 1. The SMILES string of the molecule is COc1ccc([N+](=O)[O-])cc1NC(=O)COc1cccc(C(C)C)c1. The summed E-state index contributed by atoms with van der Waals surface area (Å²) in [5.74, 6) is 0.841. The Labute approximate surface area is 145 Å². The predicted octanol–water partition coefficient (Wildman–Crippen LogP) is 3.74. The number of nitro groups is 1. The maximum absolute atomic E-state index is 12.1. The summed E-state index contributed by atoms with van der Waals surface area (Å²) in [6.45, 7) is 3.92. The van der Waals surface area contributed by atoms with Crippen LogP contribution in [0.25, 0.3) is 0 Å². The molecule has 0 aliphatic carbocycles. The summed E-state index contributed by atoms with van der Waals surface area (Å²) in [6, 6.07) is 11.5. The van der Waals surface area contributed by atoms with E-state index in [0.717, 1.165) is 5.56 Å². The first kappa shape index (κ1) is 18.3. The highest BCUT2D eigenvalue weighted by molar-refractivity contribution is 5.93. The number of nitro benzene ring substituents is 1. The molecule has 0 saturated carbocycles. The van der Waals surface area contributed by atoms with Crippen molar-refractivity contribution in [3.63, 3.8) is 0 Å². The molecule has 1 N–H and O–H groups in total. The summed E-state index contributed by atoms with van der Waals surface area (Å²) in [7, 11) is 1.42.